The fourth-order valence-corrected chi connectivity index (χ4v) is 2.73. The van der Waals surface area contributed by atoms with Crippen LogP contribution >= 0.6 is 0 Å². The first-order chi connectivity index (χ1) is 10.5. The molecule has 0 aliphatic rings. The molecule has 3 aromatic rings. The van der Waals surface area contributed by atoms with E-state index in [-0.39, 0.29) is 11.9 Å². The zero-order chi connectivity index (χ0) is 15.7. The van der Waals surface area contributed by atoms with Crippen LogP contribution in [0.1, 0.15) is 40.1 Å². The van der Waals surface area contributed by atoms with Crippen LogP contribution in [-0.4, -0.2) is 10.9 Å². The molecule has 1 unspecified atom stereocenters. The van der Waals surface area contributed by atoms with Crippen LogP contribution in [0.4, 0.5) is 0 Å². The zero-order valence-electron chi connectivity index (χ0n) is 13.1. The van der Waals surface area contributed by atoms with Crippen LogP contribution in [0.25, 0.3) is 10.9 Å². The molecule has 1 amide bonds. The second-order valence-electron chi connectivity index (χ2n) is 5.83. The minimum atomic E-state index is -0.0791. The third kappa shape index (κ3) is 2.75. The molecule has 3 rings (SSSR count). The van der Waals surface area contributed by atoms with Gasteiger partial charge in [-0.3, -0.25) is 4.79 Å². The summed E-state index contributed by atoms with van der Waals surface area (Å²) in [6, 6.07) is 16.1. The Labute approximate surface area is 130 Å². The first-order valence-electron chi connectivity index (χ1n) is 7.50. The van der Waals surface area contributed by atoms with Gasteiger partial charge in [0.05, 0.1) is 6.04 Å². The lowest BCUT2D eigenvalue weighted by Crippen LogP contribution is -2.26. The van der Waals surface area contributed by atoms with Gasteiger partial charge in [0.1, 0.15) is 5.69 Å². The molecule has 22 heavy (non-hydrogen) atoms. The van der Waals surface area contributed by atoms with Crippen molar-refractivity contribution in [3.63, 3.8) is 0 Å². The number of rotatable bonds is 3. The van der Waals surface area contributed by atoms with Gasteiger partial charge in [0, 0.05) is 10.9 Å². The number of carbonyl (C=O) groups excluding carboxylic acids is 1. The number of nitrogens with one attached hydrogen (secondary N) is 2. The highest BCUT2D eigenvalue weighted by molar-refractivity contribution is 5.98. The molecular weight excluding hydrogens is 272 g/mol. The van der Waals surface area contributed by atoms with Gasteiger partial charge in [-0.25, -0.2) is 0 Å². The smallest absolute Gasteiger partial charge is 0.268 e. The van der Waals surface area contributed by atoms with E-state index in [9.17, 15) is 4.79 Å². The number of aromatic nitrogens is 1. The van der Waals surface area contributed by atoms with Gasteiger partial charge in [-0.2, -0.15) is 0 Å². The van der Waals surface area contributed by atoms with Crippen molar-refractivity contribution in [3.8, 4) is 0 Å². The first-order valence-corrected chi connectivity index (χ1v) is 7.50. The normalized spacial score (nSPS) is 12.3. The molecule has 1 aromatic heterocycles. The summed E-state index contributed by atoms with van der Waals surface area (Å²) in [5.41, 5.74) is 5.07. The number of amides is 1. The minimum absolute atomic E-state index is 0.0279. The topological polar surface area (TPSA) is 44.9 Å². The Hall–Kier alpha value is -2.55. The molecule has 3 heteroatoms. The maximum Gasteiger partial charge on any atom is 0.268 e. The maximum atomic E-state index is 12.5. The van der Waals surface area contributed by atoms with Crippen molar-refractivity contribution in [2.75, 3.05) is 0 Å². The molecular formula is C19H20N2O. The molecule has 1 heterocycles. The van der Waals surface area contributed by atoms with Gasteiger partial charge in [0.15, 0.2) is 0 Å². The highest BCUT2D eigenvalue weighted by Gasteiger charge is 2.14. The number of aryl methyl sites for hydroxylation is 2. The SMILES string of the molecule is Cc1cccc(C(C)NC(=O)c2cc3cccc(C)c3[nH]2)c1. The second kappa shape index (κ2) is 5.68. The molecule has 112 valence electrons. The number of benzene rings is 2. The van der Waals surface area contributed by atoms with Gasteiger partial charge in [0.2, 0.25) is 0 Å². The summed E-state index contributed by atoms with van der Waals surface area (Å²) in [4.78, 5) is 15.7. The average Bonchev–Trinajstić information content (AvgIpc) is 2.93. The third-order valence-electron chi connectivity index (χ3n) is 4.00. The number of carbonyl (C=O) groups is 1. The molecule has 0 saturated heterocycles. The van der Waals surface area contributed by atoms with Gasteiger partial charge < -0.3 is 10.3 Å². The largest absolute Gasteiger partial charge is 0.350 e. The maximum absolute atomic E-state index is 12.5. The van der Waals surface area contributed by atoms with E-state index in [0.29, 0.717) is 5.69 Å². The molecule has 0 spiro atoms. The average molecular weight is 292 g/mol. The molecule has 1 atom stereocenters. The summed E-state index contributed by atoms with van der Waals surface area (Å²) in [5, 5.41) is 4.11. The van der Waals surface area contributed by atoms with Gasteiger partial charge in [-0.15, -0.1) is 0 Å². The number of H-pyrrole nitrogens is 1. The summed E-state index contributed by atoms with van der Waals surface area (Å²) in [6.45, 7) is 6.09. The van der Waals surface area contributed by atoms with Crippen LogP contribution < -0.4 is 5.32 Å². The molecule has 2 aromatic carbocycles. The van der Waals surface area contributed by atoms with E-state index >= 15 is 0 Å². The number of para-hydroxylation sites is 1. The van der Waals surface area contributed by atoms with Crippen molar-refractivity contribution < 1.29 is 4.79 Å². The van der Waals surface area contributed by atoms with E-state index in [4.69, 9.17) is 0 Å². The second-order valence-corrected chi connectivity index (χ2v) is 5.83. The highest BCUT2D eigenvalue weighted by Crippen LogP contribution is 2.20. The van der Waals surface area contributed by atoms with E-state index < -0.39 is 0 Å². The number of fused-ring (bicyclic) bond motifs is 1. The van der Waals surface area contributed by atoms with E-state index in [2.05, 4.69) is 29.4 Å². The summed E-state index contributed by atoms with van der Waals surface area (Å²) in [7, 11) is 0. The van der Waals surface area contributed by atoms with Crippen molar-refractivity contribution in [2.24, 2.45) is 0 Å². The van der Waals surface area contributed by atoms with Crippen LogP contribution in [0.15, 0.2) is 48.5 Å². The summed E-state index contributed by atoms with van der Waals surface area (Å²) in [5.74, 6) is -0.0791. The van der Waals surface area contributed by atoms with E-state index in [1.54, 1.807) is 0 Å². The lowest BCUT2D eigenvalue weighted by atomic mass is 10.1. The quantitative estimate of drug-likeness (QED) is 0.743. The zero-order valence-corrected chi connectivity index (χ0v) is 13.1. The molecule has 3 nitrogen and oxygen atoms in total. The monoisotopic (exact) mass is 292 g/mol. The van der Waals surface area contributed by atoms with Gasteiger partial charge in [-0.1, -0.05) is 48.0 Å². The van der Waals surface area contributed by atoms with Crippen molar-refractivity contribution in [1.29, 1.82) is 0 Å². The summed E-state index contributed by atoms with van der Waals surface area (Å²) >= 11 is 0. The third-order valence-corrected chi connectivity index (χ3v) is 4.00. The number of hydrogen-bond donors (Lipinski definition) is 2. The molecule has 0 fully saturated rings. The Morgan fingerprint density at radius 1 is 1.09 bits per heavy atom. The van der Waals surface area contributed by atoms with E-state index in [1.807, 2.05) is 50.2 Å². The lowest BCUT2D eigenvalue weighted by Gasteiger charge is -2.14. The van der Waals surface area contributed by atoms with Gasteiger partial charge >= 0.3 is 0 Å². The van der Waals surface area contributed by atoms with Crippen molar-refractivity contribution in [1.82, 2.24) is 10.3 Å². The van der Waals surface area contributed by atoms with E-state index in [0.717, 1.165) is 22.0 Å². The Morgan fingerprint density at radius 3 is 2.59 bits per heavy atom. The van der Waals surface area contributed by atoms with Gasteiger partial charge in [-0.05, 0) is 38.0 Å². The van der Waals surface area contributed by atoms with Gasteiger partial charge in [0.25, 0.3) is 5.91 Å². The fraction of sp³-hybridized carbons (Fsp3) is 0.211. The molecule has 0 radical (unpaired) electrons. The predicted molar refractivity (Wildman–Crippen MR) is 90.1 cm³/mol. The van der Waals surface area contributed by atoms with Crippen LogP contribution in [0, 0.1) is 13.8 Å². The number of hydrogen-bond acceptors (Lipinski definition) is 1. The molecule has 0 saturated carbocycles. The minimum Gasteiger partial charge on any atom is -0.350 e. The van der Waals surface area contributed by atoms with Crippen molar-refractivity contribution >= 4 is 16.8 Å². The van der Waals surface area contributed by atoms with Crippen LogP contribution in [0.2, 0.25) is 0 Å². The molecule has 2 N–H and O–H groups in total. The first kappa shape index (κ1) is 14.4. The highest BCUT2D eigenvalue weighted by atomic mass is 16.1. The van der Waals surface area contributed by atoms with Crippen molar-refractivity contribution in [3.05, 3.63) is 70.9 Å². The predicted octanol–water partition coefficient (Wildman–Crippen LogP) is 4.28. The molecule has 0 bridgehead atoms. The lowest BCUT2D eigenvalue weighted by molar-refractivity contribution is 0.0935. The fourth-order valence-electron chi connectivity index (χ4n) is 2.73. The van der Waals surface area contributed by atoms with Crippen LogP contribution in [0.3, 0.4) is 0 Å². The Balaban J connectivity index is 1.82. The molecule has 0 aliphatic carbocycles. The standard InChI is InChI=1S/C19H20N2O/c1-12-6-4-8-15(10-12)14(3)20-19(22)17-11-16-9-5-7-13(2)18(16)21-17/h4-11,14,21H,1-3H3,(H,20,22). The Kier molecular flexibility index (Phi) is 3.72. The number of aromatic amines is 1. The van der Waals surface area contributed by atoms with Crippen LogP contribution in [0.5, 0.6) is 0 Å². The Morgan fingerprint density at radius 2 is 1.86 bits per heavy atom. The summed E-state index contributed by atoms with van der Waals surface area (Å²) < 4.78 is 0. The van der Waals surface area contributed by atoms with Crippen molar-refractivity contribution in [2.45, 2.75) is 26.8 Å². The van der Waals surface area contributed by atoms with E-state index in [1.165, 1.54) is 5.56 Å². The van der Waals surface area contributed by atoms with Crippen LogP contribution in [-0.2, 0) is 0 Å². The molecule has 0 aliphatic heterocycles. The Bertz CT molecular complexity index is 832. The summed E-state index contributed by atoms with van der Waals surface area (Å²) in [6.07, 6.45) is 0.